The summed E-state index contributed by atoms with van der Waals surface area (Å²) >= 11 is 0. The minimum atomic E-state index is -3.24. The first kappa shape index (κ1) is 23.5. The summed E-state index contributed by atoms with van der Waals surface area (Å²) in [6.45, 7) is 12.5. The first-order valence-electron chi connectivity index (χ1n) is 10.1. The lowest BCUT2D eigenvalue weighted by Gasteiger charge is -2.18. The van der Waals surface area contributed by atoms with Crippen LogP contribution < -0.4 is 4.74 Å². The van der Waals surface area contributed by atoms with Gasteiger partial charge in [-0.3, -0.25) is 4.57 Å². The Hall–Kier alpha value is -1.81. The summed E-state index contributed by atoms with van der Waals surface area (Å²) in [5.41, 5.74) is 5.60. The number of phenolic OH excluding ortho intramolecular Hbond substituents is 1. The zero-order valence-corrected chi connectivity index (χ0v) is 19.2. The van der Waals surface area contributed by atoms with Crippen molar-refractivity contribution in [3.8, 4) is 11.5 Å². The monoisotopic (exact) mass is 420 g/mol. The Morgan fingerprint density at radius 3 is 2.17 bits per heavy atom. The van der Waals surface area contributed by atoms with E-state index in [9.17, 15) is 9.67 Å². The van der Waals surface area contributed by atoms with Gasteiger partial charge in [0.25, 0.3) is 0 Å². The van der Waals surface area contributed by atoms with Gasteiger partial charge in [0, 0.05) is 0 Å². The molecule has 0 radical (unpaired) electrons. The summed E-state index contributed by atoms with van der Waals surface area (Å²) in [4.78, 5) is 0. The summed E-state index contributed by atoms with van der Waals surface area (Å²) in [5, 5.41) is 10.2. The molecule has 0 aliphatic heterocycles. The second kappa shape index (κ2) is 10.3. The molecule has 2 rings (SSSR count). The van der Waals surface area contributed by atoms with Crippen LogP contribution in [0.1, 0.15) is 61.4 Å². The molecule has 29 heavy (non-hydrogen) atoms. The standard InChI is InChI=1S/C23H33O5P/c1-7-27-29(25,28-8-2)15-26-21-11-9-19(17(5)13-21)14-20-10-12-22(24)23(16(3)4)18(20)6/h9-13,16,24H,7-8,14-15H2,1-6H3. The molecule has 0 heterocycles. The smallest absolute Gasteiger partial charge is 0.367 e. The summed E-state index contributed by atoms with van der Waals surface area (Å²) in [5.74, 6) is 1.25. The van der Waals surface area contributed by atoms with E-state index in [0.717, 1.165) is 23.1 Å². The number of aryl methyl sites for hydroxylation is 1. The molecule has 0 spiro atoms. The van der Waals surface area contributed by atoms with Crippen LogP contribution >= 0.6 is 7.60 Å². The molecule has 0 aromatic heterocycles. The van der Waals surface area contributed by atoms with Gasteiger partial charge < -0.3 is 18.9 Å². The molecule has 0 aliphatic rings. The molecule has 2 aromatic rings. The summed E-state index contributed by atoms with van der Waals surface area (Å²) in [6.07, 6.45) is 0.663. The van der Waals surface area contributed by atoms with Gasteiger partial charge in [-0.25, -0.2) is 0 Å². The predicted molar refractivity (Wildman–Crippen MR) is 117 cm³/mol. The third kappa shape index (κ3) is 6.08. The van der Waals surface area contributed by atoms with Gasteiger partial charge in [-0.05, 0) is 86.1 Å². The van der Waals surface area contributed by atoms with Gasteiger partial charge in [0.1, 0.15) is 11.5 Å². The van der Waals surface area contributed by atoms with Gasteiger partial charge in [-0.2, -0.15) is 0 Å². The Bertz CT molecular complexity index is 866. The number of ether oxygens (including phenoxy) is 1. The highest BCUT2D eigenvalue weighted by Gasteiger charge is 2.24. The van der Waals surface area contributed by atoms with E-state index in [0.29, 0.717) is 24.7 Å². The second-order valence-electron chi connectivity index (χ2n) is 7.42. The highest BCUT2D eigenvalue weighted by atomic mass is 31.2. The number of benzene rings is 2. The maximum atomic E-state index is 12.5. The molecule has 0 saturated heterocycles. The van der Waals surface area contributed by atoms with Gasteiger partial charge in [0.15, 0.2) is 6.35 Å². The normalized spacial score (nSPS) is 11.8. The summed E-state index contributed by atoms with van der Waals surface area (Å²) in [6, 6.07) is 9.61. The van der Waals surface area contributed by atoms with E-state index < -0.39 is 7.60 Å². The topological polar surface area (TPSA) is 65.0 Å². The van der Waals surface area contributed by atoms with E-state index >= 15 is 0 Å². The molecule has 0 fully saturated rings. The largest absolute Gasteiger partial charge is 0.508 e. The fourth-order valence-electron chi connectivity index (χ4n) is 3.50. The van der Waals surface area contributed by atoms with Gasteiger partial charge >= 0.3 is 7.60 Å². The molecular weight excluding hydrogens is 387 g/mol. The predicted octanol–water partition coefficient (Wildman–Crippen LogP) is 6.33. The van der Waals surface area contributed by atoms with Crippen LogP contribution in [0.15, 0.2) is 30.3 Å². The summed E-state index contributed by atoms with van der Waals surface area (Å²) in [7, 11) is -3.24. The van der Waals surface area contributed by atoms with E-state index in [1.165, 1.54) is 11.1 Å². The van der Waals surface area contributed by atoms with Crippen LogP contribution in [0.5, 0.6) is 11.5 Å². The molecule has 5 nitrogen and oxygen atoms in total. The quantitative estimate of drug-likeness (QED) is 0.455. The van der Waals surface area contributed by atoms with E-state index in [1.807, 2.05) is 31.2 Å². The minimum Gasteiger partial charge on any atom is -0.508 e. The van der Waals surface area contributed by atoms with Crippen LogP contribution in [-0.2, 0) is 20.0 Å². The van der Waals surface area contributed by atoms with Crippen LogP contribution in [0.25, 0.3) is 0 Å². The molecule has 0 atom stereocenters. The van der Waals surface area contributed by atoms with E-state index in [4.69, 9.17) is 13.8 Å². The summed E-state index contributed by atoms with van der Waals surface area (Å²) < 4.78 is 28.8. The number of aromatic hydroxyl groups is 1. The SMILES string of the molecule is CCOP(=O)(COc1ccc(Cc2ccc(O)c(C(C)C)c2C)c(C)c1)OCC. The molecule has 0 amide bonds. The van der Waals surface area contributed by atoms with Crippen LogP contribution in [0, 0.1) is 13.8 Å². The van der Waals surface area contributed by atoms with Gasteiger partial charge in [0.2, 0.25) is 0 Å². The first-order chi connectivity index (χ1) is 13.7. The van der Waals surface area contributed by atoms with Crippen molar-refractivity contribution in [2.24, 2.45) is 0 Å². The lowest BCUT2D eigenvalue weighted by molar-refractivity contribution is 0.197. The lowest BCUT2D eigenvalue weighted by atomic mass is 9.90. The number of hydrogen-bond acceptors (Lipinski definition) is 5. The van der Waals surface area contributed by atoms with Crippen molar-refractivity contribution in [3.63, 3.8) is 0 Å². The van der Waals surface area contributed by atoms with Crippen LogP contribution in [0.4, 0.5) is 0 Å². The highest BCUT2D eigenvalue weighted by molar-refractivity contribution is 7.53. The fourth-order valence-corrected chi connectivity index (χ4v) is 4.82. The van der Waals surface area contributed by atoms with E-state index in [-0.39, 0.29) is 12.3 Å². The van der Waals surface area contributed by atoms with Gasteiger partial charge in [-0.1, -0.05) is 26.0 Å². The van der Waals surface area contributed by atoms with Crippen LogP contribution in [0.3, 0.4) is 0 Å². The van der Waals surface area contributed by atoms with Crippen molar-refractivity contribution in [2.75, 3.05) is 19.6 Å². The van der Waals surface area contributed by atoms with Crippen molar-refractivity contribution in [3.05, 3.63) is 58.1 Å². The Balaban J connectivity index is 2.16. The Morgan fingerprint density at radius 1 is 1.00 bits per heavy atom. The van der Waals surface area contributed by atoms with Crippen molar-refractivity contribution in [1.82, 2.24) is 0 Å². The first-order valence-corrected chi connectivity index (χ1v) is 11.8. The van der Waals surface area contributed by atoms with E-state index in [1.54, 1.807) is 19.9 Å². The average molecular weight is 420 g/mol. The third-order valence-electron chi connectivity index (χ3n) is 4.92. The van der Waals surface area contributed by atoms with Crippen molar-refractivity contribution in [1.29, 1.82) is 0 Å². The number of phenols is 1. The maximum absolute atomic E-state index is 12.5. The molecule has 0 bridgehead atoms. The minimum absolute atomic E-state index is 0.109. The fraction of sp³-hybridized carbons (Fsp3) is 0.478. The number of rotatable bonds is 10. The maximum Gasteiger partial charge on any atom is 0.367 e. The molecule has 0 saturated carbocycles. The molecular formula is C23H33O5P. The molecule has 0 aliphatic carbocycles. The van der Waals surface area contributed by atoms with Crippen molar-refractivity contribution in [2.45, 2.75) is 53.9 Å². The molecule has 1 N–H and O–H groups in total. The van der Waals surface area contributed by atoms with Crippen LogP contribution in [0.2, 0.25) is 0 Å². The average Bonchev–Trinajstić information content (AvgIpc) is 2.64. The molecule has 2 aromatic carbocycles. The lowest BCUT2D eigenvalue weighted by Crippen LogP contribution is -2.06. The molecule has 0 unspecified atom stereocenters. The Kier molecular flexibility index (Phi) is 8.33. The van der Waals surface area contributed by atoms with Gasteiger partial charge in [0.05, 0.1) is 13.2 Å². The molecule has 6 heteroatoms. The van der Waals surface area contributed by atoms with Crippen molar-refractivity contribution < 1.29 is 23.5 Å². The zero-order chi connectivity index (χ0) is 21.6. The highest BCUT2D eigenvalue weighted by Crippen LogP contribution is 2.48. The van der Waals surface area contributed by atoms with E-state index in [2.05, 4.69) is 20.8 Å². The van der Waals surface area contributed by atoms with Crippen LogP contribution in [-0.4, -0.2) is 24.7 Å². The Morgan fingerprint density at radius 2 is 1.62 bits per heavy atom. The van der Waals surface area contributed by atoms with Gasteiger partial charge in [-0.15, -0.1) is 0 Å². The Labute approximate surface area is 174 Å². The third-order valence-corrected chi connectivity index (χ3v) is 6.67. The van der Waals surface area contributed by atoms with Crippen molar-refractivity contribution >= 4 is 7.60 Å². The second-order valence-corrected chi connectivity index (χ2v) is 9.42. The number of hydrogen-bond donors (Lipinski definition) is 1. The molecule has 160 valence electrons. The zero-order valence-electron chi connectivity index (χ0n) is 18.3.